The molecule has 27 heavy (non-hydrogen) atoms. The molecule has 1 fully saturated rings. The molecule has 142 valence electrons. The van der Waals surface area contributed by atoms with Crippen molar-refractivity contribution in [2.45, 2.75) is 13.8 Å². The van der Waals surface area contributed by atoms with Crippen LogP contribution in [0.4, 0.5) is 11.6 Å². The van der Waals surface area contributed by atoms with E-state index in [4.69, 9.17) is 11.6 Å². The Morgan fingerprint density at radius 1 is 1.04 bits per heavy atom. The summed E-state index contributed by atoms with van der Waals surface area (Å²) in [5, 5.41) is 3.38. The number of aromatic nitrogens is 2. The quantitative estimate of drug-likeness (QED) is 0.815. The van der Waals surface area contributed by atoms with Gasteiger partial charge in [0.05, 0.1) is 0 Å². The minimum absolute atomic E-state index is 0.192. The molecule has 0 radical (unpaired) electrons. The Morgan fingerprint density at radius 2 is 1.63 bits per heavy atom. The minimum Gasteiger partial charge on any atom is -0.338 e. The molecular formula is C19H22ClN5O2. The Morgan fingerprint density at radius 3 is 2.22 bits per heavy atom. The molecule has 1 aliphatic heterocycles. The summed E-state index contributed by atoms with van der Waals surface area (Å²) in [7, 11) is 0. The number of rotatable bonds is 4. The molecule has 7 nitrogen and oxygen atoms in total. The lowest BCUT2D eigenvalue weighted by atomic mass is 9.89. The van der Waals surface area contributed by atoms with Gasteiger partial charge in [0.2, 0.25) is 17.8 Å². The van der Waals surface area contributed by atoms with Crippen molar-refractivity contribution < 1.29 is 9.59 Å². The predicted molar refractivity (Wildman–Crippen MR) is 105 cm³/mol. The zero-order valence-corrected chi connectivity index (χ0v) is 16.1. The van der Waals surface area contributed by atoms with Crippen LogP contribution in [0.3, 0.4) is 0 Å². The minimum atomic E-state index is -1.18. The Kier molecular flexibility index (Phi) is 5.60. The van der Waals surface area contributed by atoms with E-state index in [9.17, 15) is 9.59 Å². The maximum atomic E-state index is 12.9. The molecule has 0 spiro atoms. The van der Waals surface area contributed by atoms with Gasteiger partial charge in [0.1, 0.15) is 5.41 Å². The van der Waals surface area contributed by atoms with Crippen LogP contribution in [0.25, 0.3) is 0 Å². The molecule has 0 atom stereocenters. The summed E-state index contributed by atoms with van der Waals surface area (Å²) in [6, 6.07) is 8.57. The van der Waals surface area contributed by atoms with Crippen molar-refractivity contribution in [2.24, 2.45) is 5.41 Å². The highest BCUT2D eigenvalue weighted by Crippen LogP contribution is 2.24. The molecule has 8 heteroatoms. The van der Waals surface area contributed by atoms with Crippen molar-refractivity contribution in [3.8, 4) is 0 Å². The van der Waals surface area contributed by atoms with Crippen LogP contribution in [-0.4, -0.2) is 52.9 Å². The second-order valence-corrected chi connectivity index (χ2v) is 7.35. The van der Waals surface area contributed by atoms with Crippen LogP contribution in [-0.2, 0) is 9.59 Å². The van der Waals surface area contributed by atoms with Gasteiger partial charge in [0, 0.05) is 49.3 Å². The monoisotopic (exact) mass is 387 g/mol. The topological polar surface area (TPSA) is 78.4 Å². The molecule has 2 aromatic rings. The average molecular weight is 388 g/mol. The number of amides is 2. The van der Waals surface area contributed by atoms with Gasteiger partial charge in [-0.3, -0.25) is 9.59 Å². The van der Waals surface area contributed by atoms with Crippen molar-refractivity contribution in [2.75, 3.05) is 36.4 Å². The van der Waals surface area contributed by atoms with E-state index >= 15 is 0 Å². The van der Waals surface area contributed by atoms with Gasteiger partial charge in [-0.15, -0.1) is 0 Å². The number of benzene rings is 1. The van der Waals surface area contributed by atoms with Crippen LogP contribution in [0.15, 0.2) is 42.7 Å². The summed E-state index contributed by atoms with van der Waals surface area (Å²) in [6.45, 7) is 5.60. The summed E-state index contributed by atoms with van der Waals surface area (Å²) in [6.07, 6.45) is 3.40. The first-order valence-electron chi connectivity index (χ1n) is 8.76. The number of halogens is 1. The fourth-order valence-electron chi connectivity index (χ4n) is 2.88. The van der Waals surface area contributed by atoms with E-state index in [-0.39, 0.29) is 11.8 Å². The Bertz CT molecular complexity index is 803. The second-order valence-electron chi connectivity index (χ2n) is 6.91. The van der Waals surface area contributed by atoms with Gasteiger partial charge < -0.3 is 15.1 Å². The number of nitrogens with zero attached hydrogens (tertiary/aromatic N) is 4. The molecule has 1 aliphatic rings. The van der Waals surface area contributed by atoms with Gasteiger partial charge in [-0.25, -0.2) is 9.97 Å². The molecular weight excluding hydrogens is 366 g/mol. The smallest absolute Gasteiger partial charge is 0.239 e. The number of nitrogens with one attached hydrogen (secondary N) is 1. The van der Waals surface area contributed by atoms with E-state index in [0.29, 0.717) is 42.8 Å². The highest BCUT2D eigenvalue weighted by molar-refractivity contribution is 6.30. The third kappa shape index (κ3) is 4.36. The summed E-state index contributed by atoms with van der Waals surface area (Å²) >= 11 is 5.86. The molecule has 0 saturated carbocycles. The second kappa shape index (κ2) is 7.92. The van der Waals surface area contributed by atoms with Gasteiger partial charge >= 0.3 is 0 Å². The lowest BCUT2D eigenvalue weighted by molar-refractivity contribution is -0.146. The first kappa shape index (κ1) is 19.1. The molecule has 0 aliphatic carbocycles. The summed E-state index contributed by atoms with van der Waals surface area (Å²) in [5.74, 6) is 0.121. The van der Waals surface area contributed by atoms with Crippen LogP contribution in [0.1, 0.15) is 13.8 Å². The number of hydrogen-bond acceptors (Lipinski definition) is 5. The van der Waals surface area contributed by atoms with E-state index in [2.05, 4.69) is 15.3 Å². The fourth-order valence-corrected chi connectivity index (χ4v) is 3.00. The molecule has 0 bridgehead atoms. The normalized spacial score (nSPS) is 14.8. The Balaban J connectivity index is 1.60. The first-order valence-corrected chi connectivity index (χ1v) is 9.14. The van der Waals surface area contributed by atoms with Gasteiger partial charge in [-0.2, -0.15) is 0 Å². The van der Waals surface area contributed by atoms with Crippen molar-refractivity contribution >= 4 is 35.1 Å². The zero-order valence-electron chi connectivity index (χ0n) is 15.4. The molecule has 1 N–H and O–H groups in total. The summed E-state index contributed by atoms with van der Waals surface area (Å²) < 4.78 is 0. The predicted octanol–water partition coefficient (Wildman–Crippen LogP) is 2.44. The molecule has 3 rings (SSSR count). The van der Waals surface area contributed by atoms with E-state index in [1.165, 1.54) is 0 Å². The Labute approximate surface area is 163 Å². The number of hydrogen-bond donors (Lipinski definition) is 1. The van der Waals surface area contributed by atoms with Gasteiger partial charge in [0.25, 0.3) is 0 Å². The third-order valence-electron chi connectivity index (χ3n) is 4.61. The van der Waals surface area contributed by atoms with E-state index in [1.54, 1.807) is 61.5 Å². The van der Waals surface area contributed by atoms with Crippen LogP contribution in [0, 0.1) is 5.41 Å². The summed E-state index contributed by atoms with van der Waals surface area (Å²) in [4.78, 5) is 37.8. The number of anilines is 2. The molecule has 1 aromatic carbocycles. The molecule has 1 aromatic heterocycles. The van der Waals surface area contributed by atoms with Crippen LogP contribution in [0.5, 0.6) is 0 Å². The fraction of sp³-hybridized carbons (Fsp3) is 0.368. The highest BCUT2D eigenvalue weighted by Gasteiger charge is 2.40. The number of carbonyl (C=O) groups excluding carboxylic acids is 2. The SMILES string of the molecule is CC(C)(C(=O)Nc1ccc(Cl)cc1)C(=O)N1CCN(c2ncccn2)CC1. The van der Waals surface area contributed by atoms with Crippen LogP contribution in [0.2, 0.25) is 5.02 Å². The van der Waals surface area contributed by atoms with Crippen molar-refractivity contribution in [3.05, 3.63) is 47.7 Å². The third-order valence-corrected chi connectivity index (χ3v) is 4.86. The molecule has 0 unspecified atom stereocenters. The number of carbonyl (C=O) groups is 2. The Hall–Kier alpha value is -2.67. The first-order chi connectivity index (χ1) is 12.9. The van der Waals surface area contributed by atoms with Crippen molar-refractivity contribution in [1.29, 1.82) is 0 Å². The highest BCUT2D eigenvalue weighted by atomic mass is 35.5. The largest absolute Gasteiger partial charge is 0.338 e. The van der Waals surface area contributed by atoms with Crippen LogP contribution < -0.4 is 10.2 Å². The maximum Gasteiger partial charge on any atom is 0.239 e. The maximum absolute atomic E-state index is 12.9. The van der Waals surface area contributed by atoms with Crippen molar-refractivity contribution in [1.82, 2.24) is 14.9 Å². The van der Waals surface area contributed by atoms with Crippen molar-refractivity contribution in [3.63, 3.8) is 0 Å². The average Bonchev–Trinajstić information content (AvgIpc) is 2.70. The lowest BCUT2D eigenvalue weighted by Crippen LogP contribution is -2.54. The van der Waals surface area contributed by atoms with E-state index in [0.717, 1.165) is 0 Å². The van der Waals surface area contributed by atoms with Crippen LogP contribution >= 0.6 is 11.6 Å². The molecule has 2 amide bonds. The molecule has 1 saturated heterocycles. The van der Waals surface area contributed by atoms with E-state index < -0.39 is 5.41 Å². The molecule has 2 heterocycles. The summed E-state index contributed by atoms with van der Waals surface area (Å²) in [5.41, 5.74) is -0.568. The standard InChI is InChI=1S/C19H22ClN5O2/c1-19(2,16(26)23-15-6-4-14(20)5-7-15)17(27)24-10-12-25(13-11-24)18-21-8-3-9-22-18/h3-9H,10-13H2,1-2H3,(H,23,26). The lowest BCUT2D eigenvalue weighted by Gasteiger charge is -2.38. The van der Waals surface area contributed by atoms with Gasteiger partial charge in [-0.1, -0.05) is 11.6 Å². The van der Waals surface area contributed by atoms with Gasteiger partial charge in [0.15, 0.2) is 0 Å². The zero-order chi connectivity index (χ0) is 19.4. The number of piperazine rings is 1. The van der Waals surface area contributed by atoms with E-state index in [1.807, 2.05) is 4.90 Å². The van der Waals surface area contributed by atoms with Gasteiger partial charge in [-0.05, 0) is 44.2 Å².